The number of aryl methyl sites for hydroxylation is 1. The van der Waals surface area contributed by atoms with Gasteiger partial charge in [0.05, 0.1) is 6.54 Å². The zero-order chi connectivity index (χ0) is 12.0. The first kappa shape index (κ1) is 13.1. The van der Waals surface area contributed by atoms with E-state index >= 15 is 0 Å². The Labute approximate surface area is 100 Å². The highest BCUT2D eigenvalue weighted by molar-refractivity contribution is 7.15. The van der Waals surface area contributed by atoms with Crippen LogP contribution in [0.4, 0.5) is 5.13 Å². The summed E-state index contributed by atoms with van der Waals surface area (Å²) >= 11 is 1.49. The zero-order valence-electron chi connectivity index (χ0n) is 10.0. The molecule has 0 aliphatic carbocycles. The molecule has 1 amide bonds. The van der Waals surface area contributed by atoms with E-state index in [1.165, 1.54) is 11.3 Å². The van der Waals surface area contributed by atoms with Crippen molar-refractivity contribution in [3.63, 3.8) is 0 Å². The van der Waals surface area contributed by atoms with Crippen molar-refractivity contribution in [3.05, 3.63) is 11.1 Å². The first-order chi connectivity index (χ1) is 7.58. The number of rotatable bonds is 6. The molecule has 1 heterocycles. The van der Waals surface area contributed by atoms with Gasteiger partial charge >= 0.3 is 0 Å². The minimum atomic E-state index is -0.0295. The fourth-order valence-corrected chi connectivity index (χ4v) is 1.85. The van der Waals surface area contributed by atoms with Gasteiger partial charge in [0.2, 0.25) is 5.91 Å². The Morgan fingerprint density at radius 2 is 2.31 bits per heavy atom. The van der Waals surface area contributed by atoms with E-state index in [4.69, 9.17) is 0 Å². The third kappa shape index (κ3) is 5.23. The van der Waals surface area contributed by atoms with Crippen LogP contribution >= 0.6 is 11.3 Å². The average Bonchev–Trinajstić information content (AvgIpc) is 2.58. The van der Waals surface area contributed by atoms with E-state index in [9.17, 15) is 4.79 Å². The van der Waals surface area contributed by atoms with Crippen LogP contribution in [0.5, 0.6) is 0 Å². The van der Waals surface area contributed by atoms with Gasteiger partial charge in [-0.3, -0.25) is 4.79 Å². The van der Waals surface area contributed by atoms with Crippen LogP contribution in [0.2, 0.25) is 0 Å². The number of amides is 1. The second-order valence-corrected chi connectivity index (χ2v) is 5.42. The molecule has 0 atom stereocenters. The van der Waals surface area contributed by atoms with E-state index in [1.54, 1.807) is 6.20 Å². The molecule has 1 aromatic heterocycles. The summed E-state index contributed by atoms with van der Waals surface area (Å²) < 4.78 is 0. The highest BCUT2D eigenvalue weighted by atomic mass is 32.1. The minimum absolute atomic E-state index is 0.0295. The molecule has 0 radical (unpaired) electrons. The number of carbonyl (C=O) groups excluding carboxylic acids is 1. The van der Waals surface area contributed by atoms with Crippen molar-refractivity contribution in [2.24, 2.45) is 5.92 Å². The maximum atomic E-state index is 11.5. The summed E-state index contributed by atoms with van der Waals surface area (Å²) in [5.74, 6) is 0.635. The molecule has 1 aromatic rings. The van der Waals surface area contributed by atoms with Crippen LogP contribution in [0, 0.1) is 12.8 Å². The summed E-state index contributed by atoms with van der Waals surface area (Å²) in [4.78, 5) is 16.6. The lowest BCUT2D eigenvalue weighted by atomic mass is 10.1. The lowest BCUT2D eigenvalue weighted by molar-refractivity contribution is -0.115. The van der Waals surface area contributed by atoms with E-state index in [-0.39, 0.29) is 5.91 Å². The van der Waals surface area contributed by atoms with Crippen LogP contribution in [0.1, 0.15) is 25.1 Å². The third-order valence-electron chi connectivity index (χ3n) is 2.05. The molecule has 0 saturated heterocycles. The fourth-order valence-electron chi connectivity index (χ4n) is 1.17. The Bertz CT molecular complexity index is 336. The number of hydrogen-bond acceptors (Lipinski definition) is 4. The fraction of sp³-hybridized carbons (Fsp3) is 0.636. The van der Waals surface area contributed by atoms with Crippen LogP contribution in [0.25, 0.3) is 0 Å². The van der Waals surface area contributed by atoms with E-state index in [0.717, 1.165) is 17.8 Å². The van der Waals surface area contributed by atoms with Gasteiger partial charge in [-0.25, -0.2) is 4.98 Å². The molecule has 0 saturated carbocycles. The van der Waals surface area contributed by atoms with Crippen molar-refractivity contribution in [2.75, 3.05) is 18.4 Å². The van der Waals surface area contributed by atoms with E-state index in [2.05, 4.69) is 29.5 Å². The van der Waals surface area contributed by atoms with Gasteiger partial charge in [-0.1, -0.05) is 13.8 Å². The van der Waals surface area contributed by atoms with Crippen molar-refractivity contribution < 1.29 is 4.79 Å². The van der Waals surface area contributed by atoms with Gasteiger partial charge in [0.25, 0.3) is 0 Å². The van der Waals surface area contributed by atoms with E-state index < -0.39 is 0 Å². The van der Waals surface area contributed by atoms with Crippen molar-refractivity contribution >= 4 is 22.4 Å². The maximum Gasteiger partial charge on any atom is 0.240 e. The molecule has 0 bridgehead atoms. The molecule has 1 rings (SSSR count). The van der Waals surface area contributed by atoms with Crippen LogP contribution in [-0.4, -0.2) is 24.0 Å². The number of carbonyl (C=O) groups is 1. The summed E-state index contributed by atoms with van der Waals surface area (Å²) in [6.45, 7) is 7.53. The summed E-state index contributed by atoms with van der Waals surface area (Å²) in [6.07, 6.45) is 2.84. The molecule has 4 nitrogen and oxygen atoms in total. The van der Waals surface area contributed by atoms with Crippen LogP contribution in [0.15, 0.2) is 6.20 Å². The largest absolute Gasteiger partial charge is 0.308 e. The van der Waals surface area contributed by atoms with Crippen LogP contribution in [-0.2, 0) is 4.79 Å². The summed E-state index contributed by atoms with van der Waals surface area (Å²) in [7, 11) is 0. The maximum absolute atomic E-state index is 11.5. The Morgan fingerprint density at radius 3 is 2.88 bits per heavy atom. The smallest absolute Gasteiger partial charge is 0.240 e. The number of nitrogens with zero attached hydrogens (tertiary/aromatic N) is 1. The van der Waals surface area contributed by atoms with Crippen molar-refractivity contribution in [2.45, 2.75) is 27.2 Å². The predicted octanol–water partition coefficient (Wildman–Crippen LogP) is 2.03. The number of anilines is 1. The van der Waals surface area contributed by atoms with Gasteiger partial charge in [0.1, 0.15) is 0 Å². The Hall–Kier alpha value is -0.940. The van der Waals surface area contributed by atoms with E-state index in [1.807, 2.05) is 6.92 Å². The molecule has 16 heavy (non-hydrogen) atoms. The Kier molecular flexibility index (Phi) is 5.42. The lowest BCUT2D eigenvalue weighted by Crippen LogP contribution is -2.29. The summed E-state index contributed by atoms with van der Waals surface area (Å²) in [6, 6.07) is 0. The topological polar surface area (TPSA) is 54.0 Å². The summed E-state index contributed by atoms with van der Waals surface area (Å²) in [5.41, 5.74) is 0. The minimum Gasteiger partial charge on any atom is -0.308 e. The van der Waals surface area contributed by atoms with Gasteiger partial charge in [0.15, 0.2) is 5.13 Å². The summed E-state index contributed by atoms with van der Waals surface area (Å²) in [5, 5.41) is 6.54. The van der Waals surface area contributed by atoms with Crippen molar-refractivity contribution in [1.82, 2.24) is 10.3 Å². The second-order valence-electron chi connectivity index (χ2n) is 4.18. The van der Waals surface area contributed by atoms with Crippen LogP contribution < -0.4 is 10.6 Å². The lowest BCUT2D eigenvalue weighted by Gasteiger charge is -2.06. The first-order valence-electron chi connectivity index (χ1n) is 5.51. The van der Waals surface area contributed by atoms with Gasteiger partial charge in [-0.2, -0.15) is 0 Å². The standard InChI is InChI=1S/C11H19N3OS/c1-8(2)4-5-12-7-10(15)14-11-13-6-9(3)16-11/h6,8,12H,4-5,7H2,1-3H3,(H,13,14,15). The average molecular weight is 241 g/mol. The molecule has 0 unspecified atom stereocenters. The molecular weight excluding hydrogens is 222 g/mol. The Morgan fingerprint density at radius 1 is 1.56 bits per heavy atom. The number of aromatic nitrogens is 1. The van der Waals surface area contributed by atoms with Crippen molar-refractivity contribution in [3.8, 4) is 0 Å². The second kappa shape index (κ2) is 6.60. The van der Waals surface area contributed by atoms with Gasteiger partial charge < -0.3 is 10.6 Å². The first-order valence-corrected chi connectivity index (χ1v) is 6.32. The molecule has 90 valence electrons. The van der Waals surface area contributed by atoms with Crippen molar-refractivity contribution in [1.29, 1.82) is 0 Å². The zero-order valence-corrected chi connectivity index (χ0v) is 10.9. The molecular formula is C11H19N3OS. The molecule has 2 N–H and O–H groups in total. The normalized spacial score (nSPS) is 10.8. The number of nitrogens with one attached hydrogen (secondary N) is 2. The molecule has 0 aliphatic heterocycles. The Balaban J connectivity index is 2.16. The highest BCUT2D eigenvalue weighted by Gasteiger charge is 2.04. The van der Waals surface area contributed by atoms with Crippen LogP contribution in [0.3, 0.4) is 0 Å². The third-order valence-corrected chi connectivity index (χ3v) is 2.88. The molecule has 0 spiro atoms. The monoisotopic (exact) mass is 241 g/mol. The highest BCUT2D eigenvalue weighted by Crippen LogP contribution is 2.15. The molecule has 0 aliphatic rings. The van der Waals surface area contributed by atoms with E-state index in [0.29, 0.717) is 17.6 Å². The molecule has 5 heteroatoms. The quantitative estimate of drug-likeness (QED) is 0.749. The van der Waals surface area contributed by atoms with Gasteiger partial charge in [0, 0.05) is 11.1 Å². The number of thiazole rings is 1. The predicted molar refractivity (Wildman–Crippen MR) is 67.8 cm³/mol. The number of hydrogen-bond donors (Lipinski definition) is 2. The molecule has 0 aromatic carbocycles. The molecule has 0 fully saturated rings. The SMILES string of the molecule is Cc1cnc(NC(=O)CNCCC(C)C)s1. The van der Waals surface area contributed by atoms with Gasteiger partial charge in [-0.15, -0.1) is 11.3 Å². The van der Waals surface area contributed by atoms with Gasteiger partial charge in [-0.05, 0) is 25.8 Å².